The Kier molecular flexibility index (Phi) is 7.32. The van der Waals surface area contributed by atoms with Crippen molar-refractivity contribution in [2.45, 2.75) is 37.5 Å². The molecule has 1 aliphatic heterocycles. The molecule has 1 heterocycles. The van der Waals surface area contributed by atoms with E-state index in [0.717, 1.165) is 31.6 Å². The first kappa shape index (κ1) is 14.2. The Morgan fingerprint density at radius 3 is 3.00 bits per heavy atom. The average Bonchev–Trinajstić information content (AvgIpc) is 2.34. The minimum absolute atomic E-state index is 0.0182. The molecule has 1 rings (SSSR count). The lowest BCUT2D eigenvalue weighted by atomic mass is 10.1. The zero-order valence-corrected chi connectivity index (χ0v) is 11.5. The molecule has 0 aromatic heterocycles. The number of thioether (sulfide) groups is 2. The van der Waals surface area contributed by atoms with Crippen LogP contribution in [0.3, 0.4) is 0 Å². The van der Waals surface area contributed by atoms with Crippen LogP contribution in [0, 0.1) is 0 Å². The number of amides is 1. The number of carbonyl (C=O) groups is 1. The molecule has 16 heavy (non-hydrogen) atoms. The van der Waals surface area contributed by atoms with Gasteiger partial charge in [-0.05, 0) is 6.42 Å². The van der Waals surface area contributed by atoms with Crippen molar-refractivity contribution in [3.8, 4) is 0 Å². The van der Waals surface area contributed by atoms with Crippen LogP contribution in [0.1, 0.15) is 26.2 Å². The molecular weight excluding hydrogens is 240 g/mol. The summed E-state index contributed by atoms with van der Waals surface area (Å²) in [4.78, 5) is 11.6. The minimum atomic E-state index is -0.318. The highest BCUT2D eigenvalue weighted by Crippen LogP contribution is 2.23. The van der Waals surface area contributed by atoms with Crippen LogP contribution in [0.15, 0.2) is 0 Å². The third-order valence-electron chi connectivity index (χ3n) is 2.59. The van der Waals surface area contributed by atoms with Gasteiger partial charge in [0.25, 0.3) is 0 Å². The number of rotatable bonds is 6. The number of hydrogen-bond acceptors (Lipinski definition) is 4. The highest BCUT2D eigenvalue weighted by atomic mass is 32.2. The fraction of sp³-hybridized carbons (Fsp3) is 0.909. The first-order chi connectivity index (χ1) is 7.74. The summed E-state index contributed by atoms with van der Waals surface area (Å²) in [6, 6.07) is -0.318. The Balaban J connectivity index is 2.12. The molecule has 1 aliphatic rings. The van der Waals surface area contributed by atoms with Gasteiger partial charge in [-0.15, -0.1) is 0 Å². The van der Waals surface area contributed by atoms with Crippen LogP contribution >= 0.6 is 23.5 Å². The molecule has 5 heteroatoms. The Hall–Kier alpha value is 0.130. The van der Waals surface area contributed by atoms with E-state index < -0.39 is 0 Å². The number of carbonyl (C=O) groups excluding carboxylic acids is 1. The summed E-state index contributed by atoms with van der Waals surface area (Å²) >= 11 is 3.93. The molecule has 1 saturated heterocycles. The van der Waals surface area contributed by atoms with Crippen LogP contribution in [0.2, 0.25) is 0 Å². The molecular formula is C11H22N2OS2. The van der Waals surface area contributed by atoms with E-state index in [2.05, 4.69) is 12.2 Å². The van der Waals surface area contributed by atoms with E-state index in [1.54, 1.807) is 0 Å². The van der Waals surface area contributed by atoms with Gasteiger partial charge < -0.3 is 11.1 Å². The van der Waals surface area contributed by atoms with E-state index in [1.165, 1.54) is 11.5 Å². The van der Waals surface area contributed by atoms with Crippen molar-refractivity contribution in [3.05, 3.63) is 0 Å². The Labute approximate surface area is 107 Å². The van der Waals surface area contributed by atoms with Gasteiger partial charge in [-0.1, -0.05) is 19.8 Å². The normalized spacial score (nSPS) is 22.8. The van der Waals surface area contributed by atoms with Crippen molar-refractivity contribution in [2.24, 2.45) is 5.73 Å². The standard InChI is InChI=1S/C11H22N2OS2/c1-2-3-4-10(12)11(14)13-7-9-8-15-5-6-16-9/h9-10H,2-8,12H2,1H3,(H,13,14)/t9?,10-/m0/s1. The quantitative estimate of drug-likeness (QED) is 0.761. The highest BCUT2D eigenvalue weighted by Gasteiger charge is 2.17. The van der Waals surface area contributed by atoms with Crippen molar-refractivity contribution in [1.82, 2.24) is 5.32 Å². The molecule has 0 radical (unpaired) electrons. The van der Waals surface area contributed by atoms with Crippen molar-refractivity contribution in [1.29, 1.82) is 0 Å². The van der Waals surface area contributed by atoms with Gasteiger partial charge >= 0.3 is 0 Å². The molecule has 3 N–H and O–H groups in total. The van der Waals surface area contributed by atoms with E-state index in [0.29, 0.717) is 5.25 Å². The van der Waals surface area contributed by atoms with Crippen molar-refractivity contribution < 1.29 is 4.79 Å². The van der Waals surface area contributed by atoms with Crippen LogP contribution in [0.5, 0.6) is 0 Å². The Bertz CT molecular complexity index is 208. The second-order valence-electron chi connectivity index (χ2n) is 4.06. The van der Waals surface area contributed by atoms with Gasteiger partial charge in [0.05, 0.1) is 6.04 Å². The van der Waals surface area contributed by atoms with Gasteiger partial charge in [-0.25, -0.2) is 0 Å². The Morgan fingerprint density at radius 1 is 1.56 bits per heavy atom. The third-order valence-corrected chi connectivity index (χ3v) is 5.44. The number of unbranched alkanes of at least 4 members (excludes halogenated alkanes) is 1. The van der Waals surface area contributed by atoms with Gasteiger partial charge in [0.1, 0.15) is 0 Å². The highest BCUT2D eigenvalue weighted by molar-refractivity contribution is 8.06. The molecule has 0 aliphatic carbocycles. The van der Waals surface area contributed by atoms with E-state index >= 15 is 0 Å². The van der Waals surface area contributed by atoms with Gasteiger partial charge in [0, 0.05) is 29.1 Å². The second kappa shape index (κ2) is 8.25. The molecule has 1 amide bonds. The zero-order chi connectivity index (χ0) is 11.8. The van der Waals surface area contributed by atoms with Gasteiger partial charge in [0.15, 0.2) is 0 Å². The van der Waals surface area contributed by atoms with Crippen LogP contribution in [-0.4, -0.2) is 41.0 Å². The van der Waals surface area contributed by atoms with Crippen LogP contribution in [0.25, 0.3) is 0 Å². The maximum Gasteiger partial charge on any atom is 0.236 e. The molecule has 1 fully saturated rings. The monoisotopic (exact) mass is 262 g/mol. The topological polar surface area (TPSA) is 55.1 Å². The maximum absolute atomic E-state index is 11.6. The van der Waals surface area contributed by atoms with Crippen molar-refractivity contribution in [2.75, 3.05) is 23.8 Å². The van der Waals surface area contributed by atoms with Crippen molar-refractivity contribution in [3.63, 3.8) is 0 Å². The fourth-order valence-electron chi connectivity index (χ4n) is 1.56. The fourth-order valence-corrected chi connectivity index (χ4v) is 4.17. The maximum atomic E-state index is 11.6. The van der Waals surface area contributed by atoms with E-state index in [9.17, 15) is 4.79 Å². The summed E-state index contributed by atoms with van der Waals surface area (Å²) in [6.45, 7) is 2.89. The van der Waals surface area contributed by atoms with E-state index in [-0.39, 0.29) is 11.9 Å². The molecule has 94 valence electrons. The van der Waals surface area contributed by atoms with E-state index in [1.807, 2.05) is 23.5 Å². The average molecular weight is 262 g/mol. The predicted octanol–water partition coefficient (Wildman–Crippen LogP) is 1.47. The lowest BCUT2D eigenvalue weighted by molar-refractivity contribution is -0.122. The SMILES string of the molecule is CCCC[C@H](N)C(=O)NCC1CSCCS1. The summed E-state index contributed by atoms with van der Waals surface area (Å²) < 4.78 is 0. The molecule has 0 aromatic carbocycles. The van der Waals surface area contributed by atoms with Gasteiger partial charge in [-0.3, -0.25) is 4.79 Å². The molecule has 0 bridgehead atoms. The summed E-state index contributed by atoms with van der Waals surface area (Å²) in [5, 5.41) is 3.53. The zero-order valence-electron chi connectivity index (χ0n) is 9.91. The number of nitrogens with two attached hydrogens (primary N) is 1. The summed E-state index contributed by atoms with van der Waals surface area (Å²) in [5.74, 6) is 3.61. The third kappa shape index (κ3) is 5.46. The lowest BCUT2D eigenvalue weighted by Gasteiger charge is -2.22. The van der Waals surface area contributed by atoms with Gasteiger partial charge in [0.2, 0.25) is 5.91 Å². The molecule has 3 nitrogen and oxygen atoms in total. The molecule has 0 saturated carbocycles. The van der Waals surface area contributed by atoms with Gasteiger partial charge in [-0.2, -0.15) is 23.5 Å². The van der Waals surface area contributed by atoms with Crippen LogP contribution in [0.4, 0.5) is 0 Å². The first-order valence-electron chi connectivity index (χ1n) is 5.96. The molecule has 1 unspecified atom stereocenters. The largest absolute Gasteiger partial charge is 0.354 e. The van der Waals surface area contributed by atoms with Crippen LogP contribution < -0.4 is 11.1 Å². The van der Waals surface area contributed by atoms with Crippen molar-refractivity contribution >= 4 is 29.4 Å². The molecule has 2 atom stereocenters. The Morgan fingerprint density at radius 2 is 2.38 bits per heavy atom. The summed E-state index contributed by atoms with van der Waals surface area (Å²) in [6.07, 6.45) is 2.92. The molecule has 0 aromatic rings. The smallest absolute Gasteiger partial charge is 0.236 e. The van der Waals surface area contributed by atoms with Crippen LogP contribution in [-0.2, 0) is 4.79 Å². The predicted molar refractivity (Wildman–Crippen MR) is 74.1 cm³/mol. The molecule has 0 spiro atoms. The first-order valence-corrected chi connectivity index (χ1v) is 8.17. The number of nitrogens with one attached hydrogen (secondary N) is 1. The summed E-state index contributed by atoms with van der Waals surface area (Å²) in [7, 11) is 0. The summed E-state index contributed by atoms with van der Waals surface area (Å²) in [5.41, 5.74) is 5.79. The number of hydrogen-bond donors (Lipinski definition) is 2. The minimum Gasteiger partial charge on any atom is -0.354 e. The lowest BCUT2D eigenvalue weighted by Crippen LogP contribution is -2.43. The second-order valence-corrected chi connectivity index (χ2v) is 6.62. The van der Waals surface area contributed by atoms with E-state index in [4.69, 9.17) is 5.73 Å².